The van der Waals surface area contributed by atoms with Crippen LogP contribution in [0.2, 0.25) is 0 Å². The Bertz CT molecular complexity index is 112. The highest BCUT2D eigenvalue weighted by atomic mass is 32.2. The molecule has 1 aliphatic rings. The van der Waals surface area contributed by atoms with Gasteiger partial charge in [-0.25, -0.2) is 0 Å². The van der Waals surface area contributed by atoms with E-state index in [1.54, 1.807) is 11.9 Å². The van der Waals surface area contributed by atoms with Gasteiger partial charge in [0.2, 0.25) is 5.91 Å². The standard InChI is InChI=1S/C5H10N2OS/c6-5(8)4-1-2-9-7-3-4/h4,7H,1-3H2,(H2,6,8). The van der Waals surface area contributed by atoms with E-state index in [2.05, 4.69) is 4.72 Å². The summed E-state index contributed by atoms with van der Waals surface area (Å²) in [4.78, 5) is 10.5. The molecule has 1 atom stereocenters. The molecule has 1 amide bonds. The second-order valence-electron chi connectivity index (χ2n) is 2.08. The first kappa shape index (κ1) is 6.89. The van der Waals surface area contributed by atoms with Gasteiger partial charge in [0.25, 0.3) is 0 Å². The zero-order valence-corrected chi connectivity index (χ0v) is 5.91. The Balaban J connectivity index is 2.31. The Morgan fingerprint density at radius 2 is 2.56 bits per heavy atom. The summed E-state index contributed by atoms with van der Waals surface area (Å²) in [6.07, 6.45) is 0.924. The van der Waals surface area contributed by atoms with Crippen LogP contribution in [0.5, 0.6) is 0 Å². The number of rotatable bonds is 1. The molecule has 1 heterocycles. The lowest BCUT2D eigenvalue weighted by Crippen LogP contribution is -2.34. The van der Waals surface area contributed by atoms with Crippen molar-refractivity contribution in [2.45, 2.75) is 6.42 Å². The number of carbonyl (C=O) groups is 1. The maximum absolute atomic E-state index is 10.5. The normalized spacial score (nSPS) is 27.8. The minimum Gasteiger partial charge on any atom is -0.369 e. The molecule has 1 fully saturated rings. The summed E-state index contributed by atoms with van der Waals surface area (Å²) in [5, 5.41) is 0. The van der Waals surface area contributed by atoms with Crippen molar-refractivity contribution in [2.24, 2.45) is 11.7 Å². The fraction of sp³-hybridized carbons (Fsp3) is 0.800. The Kier molecular flexibility index (Phi) is 2.36. The molecule has 1 aliphatic heterocycles. The summed E-state index contributed by atoms with van der Waals surface area (Å²) in [7, 11) is 0. The molecule has 3 nitrogen and oxygen atoms in total. The minimum absolute atomic E-state index is 0.0613. The van der Waals surface area contributed by atoms with E-state index in [4.69, 9.17) is 5.73 Å². The molecule has 9 heavy (non-hydrogen) atoms. The highest BCUT2D eigenvalue weighted by Gasteiger charge is 2.17. The average molecular weight is 146 g/mol. The summed E-state index contributed by atoms with van der Waals surface area (Å²) in [5.41, 5.74) is 5.08. The first-order valence-corrected chi connectivity index (χ1v) is 3.93. The Labute approximate surface area is 58.5 Å². The predicted molar refractivity (Wildman–Crippen MR) is 37.8 cm³/mol. The number of hydrogen-bond acceptors (Lipinski definition) is 3. The zero-order valence-electron chi connectivity index (χ0n) is 5.09. The number of nitrogens with one attached hydrogen (secondary N) is 1. The molecule has 0 saturated carbocycles. The van der Waals surface area contributed by atoms with Gasteiger partial charge in [-0.2, -0.15) is 0 Å². The van der Waals surface area contributed by atoms with E-state index < -0.39 is 0 Å². The van der Waals surface area contributed by atoms with E-state index in [9.17, 15) is 4.79 Å². The van der Waals surface area contributed by atoms with E-state index >= 15 is 0 Å². The lowest BCUT2D eigenvalue weighted by molar-refractivity contribution is -0.121. The number of hydrogen-bond donors (Lipinski definition) is 2. The fourth-order valence-corrected chi connectivity index (χ4v) is 1.64. The lowest BCUT2D eigenvalue weighted by atomic mass is 10.1. The molecule has 0 aliphatic carbocycles. The molecule has 3 N–H and O–H groups in total. The largest absolute Gasteiger partial charge is 0.369 e. The second-order valence-corrected chi connectivity index (χ2v) is 3.07. The molecule has 4 heteroatoms. The van der Waals surface area contributed by atoms with Crippen LogP contribution < -0.4 is 10.5 Å². The van der Waals surface area contributed by atoms with E-state index in [0.29, 0.717) is 0 Å². The number of carbonyl (C=O) groups excluding carboxylic acids is 1. The van der Waals surface area contributed by atoms with Gasteiger partial charge in [0.1, 0.15) is 0 Å². The topological polar surface area (TPSA) is 55.1 Å². The van der Waals surface area contributed by atoms with Crippen molar-refractivity contribution in [1.29, 1.82) is 0 Å². The molecule has 0 aromatic heterocycles. The van der Waals surface area contributed by atoms with E-state index in [0.717, 1.165) is 18.7 Å². The highest BCUT2D eigenvalue weighted by molar-refractivity contribution is 7.97. The summed E-state index contributed by atoms with van der Waals surface area (Å²) < 4.78 is 3.03. The number of amides is 1. The van der Waals surface area contributed by atoms with Crippen LogP contribution in [0, 0.1) is 5.92 Å². The summed E-state index contributed by atoms with van der Waals surface area (Å²) in [5.74, 6) is 0.877. The van der Waals surface area contributed by atoms with Crippen molar-refractivity contribution >= 4 is 17.9 Å². The minimum atomic E-state index is -0.178. The Morgan fingerprint density at radius 3 is 2.89 bits per heavy atom. The van der Waals surface area contributed by atoms with Gasteiger partial charge in [-0.05, 0) is 6.42 Å². The van der Waals surface area contributed by atoms with Gasteiger partial charge in [0.05, 0.1) is 5.92 Å². The average Bonchev–Trinajstić information content (AvgIpc) is 1.90. The van der Waals surface area contributed by atoms with E-state index in [-0.39, 0.29) is 11.8 Å². The Morgan fingerprint density at radius 1 is 1.78 bits per heavy atom. The SMILES string of the molecule is NC(=O)C1CCSNC1. The first-order valence-electron chi connectivity index (χ1n) is 2.94. The third-order valence-electron chi connectivity index (χ3n) is 1.40. The molecular formula is C5H10N2OS. The third kappa shape index (κ3) is 1.87. The third-order valence-corrected chi connectivity index (χ3v) is 2.21. The molecule has 0 aromatic carbocycles. The van der Waals surface area contributed by atoms with Gasteiger partial charge < -0.3 is 5.73 Å². The van der Waals surface area contributed by atoms with Crippen LogP contribution in [0.15, 0.2) is 0 Å². The van der Waals surface area contributed by atoms with Crippen molar-refractivity contribution in [3.05, 3.63) is 0 Å². The molecule has 0 bridgehead atoms. The Hall–Kier alpha value is -0.220. The molecule has 1 unspecified atom stereocenters. The van der Waals surface area contributed by atoms with Gasteiger partial charge in [-0.3, -0.25) is 9.52 Å². The van der Waals surface area contributed by atoms with E-state index in [1.807, 2.05) is 0 Å². The second kappa shape index (κ2) is 3.08. The van der Waals surface area contributed by atoms with Gasteiger partial charge >= 0.3 is 0 Å². The van der Waals surface area contributed by atoms with Crippen LogP contribution in [0.25, 0.3) is 0 Å². The number of nitrogens with two attached hydrogens (primary N) is 1. The molecule has 0 spiro atoms. The summed E-state index contributed by atoms with van der Waals surface area (Å²) in [6, 6.07) is 0. The maximum Gasteiger partial charge on any atom is 0.221 e. The molecule has 52 valence electrons. The van der Waals surface area contributed by atoms with Crippen molar-refractivity contribution in [3.8, 4) is 0 Å². The van der Waals surface area contributed by atoms with Crippen LogP contribution in [-0.4, -0.2) is 18.2 Å². The number of primary amides is 1. The maximum atomic E-state index is 10.5. The molecule has 1 saturated heterocycles. The van der Waals surface area contributed by atoms with Gasteiger partial charge in [-0.15, -0.1) is 0 Å². The zero-order chi connectivity index (χ0) is 6.69. The van der Waals surface area contributed by atoms with Gasteiger partial charge in [0.15, 0.2) is 0 Å². The molecule has 1 rings (SSSR count). The summed E-state index contributed by atoms with van der Waals surface area (Å²) >= 11 is 1.66. The van der Waals surface area contributed by atoms with Crippen LogP contribution in [0.1, 0.15) is 6.42 Å². The van der Waals surface area contributed by atoms with Crippen LogP contribution >= 0.6 is 11.9 Å². The van der Waals surface area contributed by atoms with Crippen molar-refractivity contribution in [1.82, 2.24) is 4.72 Å². The monoisotopic (exact) mass is 146 g/mol. The van der Waals surface area contributed by atoms with Crippen molar-refractivity contribution in [2.75, 3.05) is 12.3 Å². The molecule has 0 radical (unpaired) electrons. The lowest BCUT2D eigenvalue weighted by Gasteiger charge is -2.18. The predicted octanol–water partition coefficient (Wildman–Crippen LogP) is -0.271. The van der Waals surface area contributed by atoms with Gasteiger partial charge in [0, 0.05) is 12.3 Å². The van der Waals surface area contributed by atoms with Crippen LogP contribution in [-0.2, 0) is 4.79 Å². The molecular weight excluding hydrogens is 136 g/mol. The highest BCUT2D eigenvalue weighted by Crippen LogP contribution is 2.12. The smallest absolute Gasteiger partial charge is 0.221 e. The summed E-state index contributed by atoms with van der Waals surface area (Å²) in [6.45, 7) is 0.736. The first-order chi connectivity index (χ1) is 4.30. The van der Waals surface area contributed by atoms with E-state index in [1.165, 1.54) is 0 Å². The quantitative estimate of drug-likeness (QED) is 0.501. The van der Waals surface area contributed by atoms with Crippen LogP contribution in [0.4, 0.5) is 0 Å². The van der Waals surface area contributed by atoms with Crippen molar-refractivity contribution in [3.63, 3.8) is 0 Å². The fourth-order valence-electron chi connectivity index (χ4n) is 0.778. The molecule has 0 aromatic rings. The van der Waals surface area contributed by atoms with Crippen LogP contribution in [0.3, 0.4) is 0 Å². The van der Waals surface area contributed by atoms with Gasteiger partial charge in [-0.1, -0.05) is 11.9 Å². The van der Waals surface area contributed by atoms with Crippen molar-refractivity contribution < 1.29 is 4.79 Å².